The van der Waals surface area contributed by atoms with Gasteiger partial charge in [-0.3, -0.25) is 19.7 Å². The Morgan fingerprint density at radius 3 is 2.79 bits per heavy atom. The molecule has 1 atom stereocenters. The van der Waals surface area contributed by atoms with Gasteiger partial charge < -0.3 is 10.6 Å². The van der Waals surface area contributed by atoms with Crippen LogP contribution in [0, 0.1) is 0 Å². The molecule has 0 spiro atoms. The van der Waals surface area contributed by atoms with E-state index < -0.39 is 23.8 Å². The van der Waals surface area contributed by atoms with E-state index in [1.165, 1.54) is 17.0 Å². The van der Waals surface area contributed by atoms with Crippen molar-refractivity contribution in [3.05, 3.63) is 17.8 Å². The summed E-state index contributed by atoms with van der Waals surface area (Å²) in [5, 5.41) is 9.44. The van der Waals surface area contributed by atoms with Gasteiger partial charge in [0.25, 0.3) is 5.91 Å². The summed E-state index contributed by atoms with van der Waals surface area (Å²) in [7, 11) is 0. The first-order chi connectivity index (χ1) is 9.02. The molecule has 3 N–H and O–H groups in total. The van der Waals surface area contributed by atoms with E-state index in [4.69, 9.17) is 5.73 Å². The minimum atomic E-state index is -0.676. The maximum atomic E-state index is 12.2. The van der Waals surface area contributed by atoms with Gasteiger partial charge in [0.2, 0.25) is 11.8 Å². The van der Waals surface area contributed by atoms with E-state index in [1.54, 1.807) is 6.92 Å². The maximum absolute atomic E-state index is 12.2. The molecule has 1 fully saturated rings. The minimum absolute atomic E-state index is 0.0511. The summed E-state index contributed by atoms with van der Waals surface area (Å²) in [6, 6.07) is 2.17. The second-order valence-corrected chi connectivity index (χ2v) is 4.11. The van der Waals surface area contributed by atoms with Crippen molar-refractivity contribution in [3.8, 4) is 0 Å². The lowest BCUT2D eigenvalue weighted by molar-refractivity contribution is -0.138. The fourth-order valence-electron chi connectivity index (χ4n) is 1.89. The number of aromatic nitrogens is 2. The van der Waals surface area contributed by atoms with E-state index in [9.17, 15) is 14.4 Å². The van der Waals surface area contributed by atoms with Crippen molar-refractivity contribution in [1.29, 1.82) is 0 Å². The molecule has 0 bridgehead atoms. The Bertz CT molecular complexity index is 528. The van der Waals surface area contributed by atoms with Gasteiger partial charge in [0, 0.05) is 0 Å². The Kier molecular flexibility index (Phi) is 3.41. The molecule has 2 heterocycles. The van der Waals surface area contributed by atoms with Crippen LogP contribution in [0.1, 0.15) is 23.8 Å². The average molecular weight is 263 g/mol. The Morgan fingerprint density at radius 1 is 1.47 bits per heavy atom. The van der Waals surface area contributed by atoms with Crippen LogP contribution in [0.25, 0.3) is 0 Å². The summed E-state index contributed by atoms with van der Waals surface area (Å²) in [5.74, 6) is -1.31. The van der Waals surface area contributed by atoms with Crippen molar-refractivity contribution in [2.24, 2.45) is 0 Å². The molecule has 0 aliphatic carbocycles. The molecular formula is C11H13N5O3. The van der Waals surface area contributed by atoms with Crippen LogP contribution in [-0.4, -0.2) is 45.4 Å². The zero-order valence-corrected chi connectivity index (χ0v) is 10.3. The number of hydrogen-bond donors (Lipinski definition) is 2. The molecule has 0 saturated carbocycles. The standard InChI is InChI=1S/C11H13N5O3/c1-2-7-10(18)13-9(17)5-16(7)11(19)6-3-4-8(12)15-14-6/h3-4,7H,2,5H2,1H3,(H2,12,15)(H,13,17,18). The van der Waals surface area contributed by atoms with Crippen LogP contribution in [0.5, 0.6) is 0 Å². The van der Waals surface area contributed by atoms with Crippen LogP contribution in [0.3, 0.4) is 0 Å². The Morgan fingerprint density at radius 2 is 2.21 bits per heavy atom. The SMILES string of the molecule is CCC1C(=O)NC(=O)CN1C(=O)c1ccc(N)nn1. The summed E-state index contributed by atoms with van der Waals surface area (Å²) >= 11 is 0. The molecule has 1 unspecified atom stereocenters. The summed E-state index contributed by atoms with van der Waals surface area (Å²) in [5.41, 5.74) is 5.44. The molecule has 100 valence electrons. The molecule has 1 saturated heterocycles. The first-order valence-corrected chi connectivity index (χ1v) is 5.76. The minimum Gasteiger partial charge on any atom is -0.382 e. The van der Waals surface area contributed by atoms with Gasteiger partial charge in [0.15, 0.2) is 5.69 Å². The number of nitrogen functional groups attached to an aromatic ring is 1. The third-order valence-corrected chi connectivity index (χ3v) is 2.81. The smallest absolute Gasteiger partial charge is 0.275 e. The van der Waals surface area contributed by atoms with Gasteiger partial charge in [-0.25, -0.2) is 0 Å². The van der Waals surface area contributed by atoms with Crippen LogP contribution in [0.2, 0.25) is 0 Å². The van der Waals surface area contributed by atoms with E-state index in [-0.39, 0.29) is 18.1 Å². The highest BCUT2D eigenvalue weighted by Crippen LogP contribution is 2.13. The molecule has 0 radical (unpaired) electrons. The van der Waals surface area contributed by atoms with Gasteiger partial charge in [-0.1, -0.05) is 6.92 Å². The molecular weight excluding hydrogens is 250 g/mol. The molecule has 2 rings (SSSR count). The van der Waals surface area contributed by atoms with Crippen LogP contribution in [0.4, 0.5) is 5.82 Å². The summed E-state index contributed by atoms with van der Waals surface area (Å²) in [4.78, 5) is 36.4. The van der Waals surface area contributed by atoms with E-state index in [1.807, 2.05) is 0 Å². The molecule has 3 amide bonds. The second-order valence-electron chi connectivity index (χ2n) is 4.11. The number of imide groups is 1. The number of amides is 3. The molecule has 1 aromatic heterocycles. The zero-order valence-electron chi connectivity index (χ0n) is 10.3. The van der Waals surface area contributed by atoms with Crippen molar-refractivity contribution in [3.63, 3.8) is 0 Å². The third kappa shape index (κ3) is 2.51. The molecule has 8 heteroatoms. The summed E-state index contributed by atoms with van der Waals surface area (Å²) in [6.45, 7) is 1.59. The van der Waals surface area contributed by atoms with E-state index in [2.05, 4.69) is 15.5 Å². The lowest BCUT2D eigenvalue weighted by atomic mass is 10.1. The zero-order chi connectivity index (χ0) is 14.0. The molecule has 19 heavy (non-hydrogen) atoms. The topological polar surface area (TPSA) is 118 Å². The van der Waals surface area contributed by atoms with Gasteiger partial charge in [0.1, 0.15) is 18.4 Å². The highest BCUT2D eigenvalue weighted by molar-refractivity contribution is 6.06. The number of nitrogens with two attached hydrogens (primary N) is 1. The van der Waals surface area contributed by atoms with E-state index in [0.717, 1.165) is 0 Å². The number of carbonyl (C=O) groups excluding carboxylic acids is 3. The molecule has 8 nitrogen and oxygen atoms in total. The van der Waals surface area contributed by atoms with Gasteiger partial charge in [0.05, 0.1) is 0 Å². The van der Waals surface area contributed by atoms with Crippen molar-refractivity contribution in [2.75, 3.05) is 12.3 Å². The summed E-state index contributed by atoms with van der Waals surface area (Å²) in [6.07, 6.45) is 0.410. The second kappa shape index (κ2) is 5.01. The predicted octanol–water partition coefficient (Wildman–Crippen LogP) is -1.06. The van der Waals surface area contributed by atoms with Crippen LogP contribution in [0.15, 0.2) is 12.1 Å². The van der Waals surface area contributed by atoms with Gasteiger partial charge in [-0.2, -0.15) is 0 Å². The largest absolute Gasteiger partial charge is 0.382 e. The quantitative estimate of drug-likeness (QED) is 0.656. The van der Waals surface area contributed by atoms with E-state index in [0.29, 0.717) is 6.42 Å². The first-order valence-electron chi connectivity index (χ1n) is 5.76. The fourth-order valence-corrected chi connectivity index (χ4v) is 1.89. The van der Waals surface area contributed by atoms with Crippen molar-refractivity contribution >= 4 is 23.5 Å². The Balaban J connectivity index is 2.27. The number of rotatable bonds is 2. The number of carbonyl (C=O) groups is 3. The third-order valence-electron chi connectivity index (χ3n) is 2.81. The first kappa shape index (κ1) is 12.9. The normalized spacial score (nSPS) is 19.2. The lowest BCUT2D eigenvalue weighted by Crippen LogP contribution is -2.59. The van der Waals surface area contributed by atoms with Crippen molar-refractivity contribution in [2.45, 2.75) is 19.4 Å². The number of anilines is 1. The van der Waals surface area contributed by atoms with Crippen LogP contribution in [-0.2, 0) is 9.59 Å². The van der Waals surface area contributed by atoms with Crippen molar-refractivity contribution < 1.29 is 14.4 Å². The molecule has 0 aromatic carbocycles. The number of piperazine rings is 1. The van der Waals surface area contributed by atoms with Gasteiger partial charge in [-0.15, -0.1) is 10.2 Å². The van der Waals surface area contributed by atoms with Gasteiger partial charge >= 0.3 is 0 Å². The number of nitrogens with one attached hydrogen (secondary N) is 1. The fraction of sp³-hybridized carbons (Fsp3) is 0.364. The summed E-state index contributed by atoms with van der Waals surface area (Å²) < 4.78 is 0. The van der Waals surface area contributed by atoms with Crippen LogP contribution >= 0.6 is 0 Å². The lowest BCUT2D eigenvalue weighted by Gasteiger charge is -2.32. The highest BCUT2D eigenvalue weighted by atomic mass is 16.2. The number of hydrogen-bond acceptors (Lipinski definition) is 6. The Hall–Kier alpha value is -2.51. The maximum Gasteiger partial charge on any atom is 0.275 e. The monoisotopic (exact) mass is 263 g/mol. The molecule has 1 aromatic rings. The Labute approximate surface area is 109 Å². The highest BCUT2D eigenvalue weighted by Gasteiger charge is 2.36. The van der Waals surface area contributed by atoms with Crippen LogP contribution < -0.4 is 11.1 Å². The predicted molar refractivity (Wildman–Crippen MR) is 64.7 cm³/mol. The van der Waals surface area contributed by atoms with Crippen molar-refractivity contribution in [1.82, 2.24) is 20.4 Å². The number of nitrogens with zero attached hydrogens (tertiary/aromatic N) is 3. The molecule has 1 aliphatic rings. The van der Waals surface area contributed by atoms with Gasteiger partial charge in [-0.05, 0) is 18.6 Å². The average Bonchev–Trinajstić information content (AvgIpc) is 2.38. The molecule has 1 aliphatic heterocycles. The van der Waals surface area contributed by atoms with E-state index >= 15 is 0 Å².